The molecule has 0 saturated carbocycles. The van der Waals surface area contributed by atoms with E-state index in [0.29, 0.717) is 5.56 Å². The number of aryl methyl sites for hydroxylation is 1. The predicted molar refractivity (Wildman–Crippen MR) is 117 cm³/mol. The van der Waals surface area contributed by atoms with Gasteiger partial charge in [0.25, 0.3) is 5.91 Å². The van der Waals surface area contributed by atoms with Crippen molar-refractivity contribution in [3.8, 4) is 5.69 Å². The van der Waals surface area contributed by atoms with Crippen LogP contribution < -0.4 is 5.43 Å². The van der Waals surface area contributed by atoms with Gasteiger partial charge in [-0.25, -0.2) is 5.43 Å². The van der Waals surface area contributed by atoms with Crippen molar-refractivity contribution in [1.29, 1.82) is 0 Å². The number of rotatable bonds is 4. The van der Waals surface area contributed by atoms with Gasteiger partial charge in [-0.1, -0.05) is 34.1 Å². The molecule has 3 aromatic rings. The van der Waals surface area contributed by atoms with Crippen molar-refractivity contribution in [1.82, 2.24) is 9.99 Å². The number of hydrogen-bond acceptors (Lipinski definition) is 2. The van der Waals surface area contributed by atoms with Crippen molar-refractivity contribution < 1.29 is 4.79 Å². The summed E-state index contributed by atoms with van der Waals surface area (Å²) < 4.78 is 4.23. The summed E-state index contributed by atoms with van der Waals surface area (Å²) in [5.41, 5.74) is 7.44. The molecule has 2 aromatic carbocycles. The molecule has 0 radical (unpaired) electrons. The van der Waals surface area contributed by atoms with E-state index in [-0.39, 0.29) is 5.91 Å². The number of nitrogens with one attached hydrogen (secondary N) is 1. The zero-order valence-corrected chi connectivity index (χ0v) is 18.1. The Morgan fingerprint density at radius 3 is 2.65 bits per heavy atom. The van der Waals surface area contributed by atoms with Crippen LogP contribution in [0.4, 0.5) is 0 Å². The Hall–Kier alpha value is -1.93. The van der Waals surface area contributed by atoms with Crippen LogP contribution in [0.5, 0.6) is 0 Å². The van der Waals surface area contributed by atoms with E-state index in [2.05, 4.69) is 78.7 Å². The van der Waals surface area contributed by atoms with E-state index in [1.165, 1.54) is 3.57 Å². The van der Waals surface area contributed by atoms with E-state index < -0.39 is 0 Å². The number of benzene rings is 2. The fourth-order valence-corrected chi connectivity index (χ4v) is 3.80. The molecular formula is C20H17BrIN3O. The lowest BCUT2D eigenvalue weighted by Gasteiger charge is -2.11. The van der Waals surface area contributed by atoms with E-state index in [1.54, 1.807) is 18.3 Å². The van der Waals surface area contributed by atoms with Crippen molar-refractivity contribution in [3.05, 3.63) is 85.2 Å². The second-order valence-electron chi connectivity index (χ2n) is 5.82. The largest absolute Gasteiger partial charge is 0.317 e. The first-order chi connectivity index (χ1) is 12.5. The monoisotopic (exact) mass is 521 g/mol. The van der Waals surface area contributed by atoms with Gasteiger partial charge in [-0.2, -0.15) is 5.10 Å². The molecule has 1 heterocycles. The maximum absolute atomic E-state index is 12.2. The lowest BCUT2D eigenvalue weighted by Crippen LogP contribution is -2.17. The number of nitrogens with zero attached hydrogens (tertiary/aromatic N) is 2. The summed E-state index contributed by atoms with van der Waals surface area (Å²) in [6.45, 7) is 4.11. The van der Waals surface area contributed by atoms with E-state index >= 15 is 0 Å². The number of amides is 1. The molecule has 132 valence electrons. The Morgan fingerprint density at radius 2 is 1.92 bits per heavy atom. The van der Waals surface area contributed by atoms with Crippen LogP contribution in [0.25, 0.3) is 5.69 Å². The number of aromatic nitrogens is 1. The molecule has 0 unspecified atom stereocenters. The molecule has 1 aromatic heterocycles. The second-order valence-corrected chi connectivity index (χ2v) is 7.90. The molecule has 1 amide bonds. The summed E-state index contributed by atoms with van der Waals surface area (Å²) >= 11 is 5.70. The normalized spacial score (nSPS) is 11.1. The van der Waals surface area contributed by atoms with Crippen molar-refractivity contribution in [3.63, 3.8) is 0 Å². The van der Waals surface area contributed by atoms with Crippen LogP contribution in [0.3, 0.4) is 0 Å². The lowest BCUT2D eigenvalue weighted by atomic mass is 10.2. The lowest BCUT2D eigenvalue weighted by molar-refractivity contribution is 0.0955. The Kier molecular flexibility index (Phi) is 5.93. The number of carbonyl (C=O) groups is 1. The standard InChI is InChI=1S/C20H17BrIN3O/c1-13-10-16(14(2)25(13)19-9-4-3-8-18(19)22)12-23-24-20(26)15-6-5-7-17(21)11-15/h3-12H,1-2H3,(H,24,26)/b23-12-. The van der Waals surface area contributed by atoms with Crippen LogP contribution in [0.1, 0.15) is 27.3 Å². The Balaban J connectivity index is 1.81. The van der Waals surface area contributed by atoms with Crippen LogP contribution in [0.2, 0.25) is 0 Å². The number of hydrogen-bond donors (Lipinski definition) is 1. The van der Waals surface area contributed by atoms with Crippen molar-refractivity contribution in [2.75, 3.05) is 0 Å². The first kappa shape index (κ1) is 18.8. The first-order valence-electron chi connectivity index (χ1n) is 8.00. The molecule has 0 spiro atoms. The third-order valence-corrected chi connectivity index (χ3v) is 5.43. The minimum absolute atomic E-state index is 0.242. The van der Waals surface area contributed by atoms with Crippen LogP contribution >= 0.6 is 38.5 Å². The van der Waals surface area contributed by atoms with Gasteiger partial charge in [0.15, 0.2) is 0 Å². The maximum atomic E-state index is 12.2. The maximum Gasteiger partial charge on any atom is 0.271 e. The fraction of sp³-hybridized carbons (Fsp3) is 0.100. The van der Waals surface area contributed by atoms with Gasteiger partial charge < -0.3 is 4.57 Å². The van der Waals surface area contributed by atoms with Gasteiger partial charge in [-0.3, -0.25) is 4.79 Å². The summed E-state index contributed by atoms with van der Waals surface area (Å²) in [5, 5.41) is 4.12. The Morgan fingerprint density at radius 1 is 1.15 bits per heavy atom. The van der Waals surface area contributed by atoms with Gasteiger partial charge in [0, 0.05) is 30.6 Å². The molecule has 0 aliphatic carbocycles. The molecule has 0 saturated heterocycles. The highest BCUT2D eigenvalue weighted by atomic mass is 127. The molecule has 0 aliphatic heterocycles. The van der Waals surface area contributed by atoms with Gasteiger partial charge in [0.05, 0.1) is 11.9 Å². The molecule has 4 nitrogen and oxygen atoms in total. The SMILES string of the molecule is Cc1cc(/C=N\NC(=O)c2cccc(Br)c2)c(C)n1-c1ccccc1I. The van der Waals surface area contributed by atoms with Crippen LogP contribution in [0, 0.1) is 17.4 Å². The van der Waals surface area contributed by atoms with Crippen LogP contribution in [0.15, 0.2) is 64.2 Å². The molecule has 3 rings (SSSR count). The second kappa shape index (κ2) is 8.18. The van der Waals surface area contributed by atoms with E-state index in [4.69, 9.17) is 0 Å². The third kappa shape index (κ3) is 4.07. The minimum Gasteiger partial charge on any atom is -0.317 e. The molecule has 0 atom stereocenters. The molecule has 26 heavy (non-hydrogen) atoms. The zero-order chi connectivity index (χ0) is 18.7. The minimum atomic E-state index is -0.242. The number of para-hydroxylation sites is 1. The van der Waals surface area contributed by atoms with Crippen LogP contribution in [-0.4, -0.2) is 16.7 Å². The predicted octanol–water partition coefficient (Wildman–Crippen LogP) is 5.23. The molecular weight excluding hydrogens is 505 g/mol. The molecule has 0 aliphatic rings. The molecule has 6 heteroatoms. The number of halogens is 2. The summed E-state index contributed by atoms with van der Waals surface area (Å²) in [7, 11) is 0. The average molecular weight is 522 g/mol. The Bertz CT molecular complexity index is 994. The van der Waals surface area contributed by atoms with Crippen LogP contribution in [-0.2, 0) is 0 Å². The van der Waals surface area contributed by atoms with Gasteiger partial charge in [0.2, 0.25) is 0 Å². The van der Waals surface area contributed by atoms with Crippen molar-refractivity contribution in [2.24, 2.45) is 5.10 Å². The summed E-state index contributed by atoms with van der Waals surface area (Å²) in [6, 6.07) is 17.5. The number of hydrazone groups is 1. The molecule has 0 fully saturated rings. The highest BCUT2D eigenvalue weighted by Crippen LogP contribution is 2.23. The summed E-state index contributed by atoms with van der Waals surface area (Å²) in [5.74, 6) is -0.242. The van der Waals surface area contributed by atoms with Gasteiger partial charge in [-0.15, -0.1) is 0 Å². The summed E-state index contributed by atoms with van der Waals surface area (Å²) in [4.78, 5) is 12.2. The first-order valence-corrected chi connectivity index (χ1v) is 9.87. The fourth-order valence-electron chi connectivity index (χ4n) is 2.78. The number of carbonyl (C=O) groups excluding carboxylic acids is 1. The topological polar surface area (TPSA) is 46.4 Å². The zero-order valence-electron chi connectivity index (χ0n) is 14.3. The van der Waals surface area contributed by atoms with Crippen molar-refractivity contribution in [2.45, 2.75) is 13.8 Å². The Labute approximate surface area is 174 Å². The van der Waals surface area contributed by atoms with E-state index in [9.17, 15) is 4.79 Å². The van der Waals surface area contributed by atoms with E-state index in [0.717, 1.165) is 27.1 Å². The van der Waals surface area contributed by atoms with E-state index in [1.807, 2.05) is 31.2 Å². The molecule has 1 N–H and O–H groups in total. The average Bonchev–Trinajstić information content (AvgIpc) is 2.89. The molecule has 0 bridgehead atoms. The third-order valence-electron chi connectivity index (χ3n) is 4.02. The quantitative estimate of drug-likeness (QED) is 0.285. The van der Waals surface area contributed by atoms with Gasteiger partial charge in [-0.05, 0) is 72.8 Å². The highest BCUT2D eigenvalue weighted by molar-refractivity contribution is 14.1. The summed E-state index contributed by atoms with van der Waals surface area (Å²) in [6.07, 6.45) is 1.69. The van der Waals surface area contributed by atoms with Gasteiger partial charge >= 0.3 is 0 Å². The highest BCUT2D eigenvalue weighted by Gasteiger charge is 2.11. The van der Waals surface area contributed by atoms with Gasteiger partial charge in [0.1, 0.15) is 0 Å². The van der Waals surface area contributed by atoms with Crippen molar-refractivity contribution >= 4 is 50.6 Å². The smallest absolute Gasteiger partial charge is 0.271 e.